The molecule has 2 rings (SSSR count). The third kappa shape index (κ3) is 4.70. The third-order valence-electron chi connectivity index (χ3n) is 4.18. The monoisotopic (exact) mass is 304 g/mol. The minimum atomic E-state index is -0.0257. The molecule has 0 atom stereocenters. The molecule has 1 aliphatic rings. The number of nitrogens with zero attached hydrogens (tertiary/aromatic N) is 3. The first kappa shape index (κ1) is 16.7. The van der Waals surface area contributed by atoms with Crippen LogP contribution in [-0.2, 0) is 0 Å². The van der Waals surface area contributed by atoms with Crippen molar-refractivity contribution in [3.05, 3.63) is 24.0 Å². The highest BCUT2D eigenvalue weighted by Crippen LogP contribution is 2.16. The van der Waals surface area contributed by atoms with E-state index in [0.29, 0.717) is 11.5 Å². The van der Waals surface area contributed by atoms with Gasteiger partial charge >= 0.3 is 0 Å². The first-order valence-electron chi connectivity index (χ1n) is 8.30. The fourth-order valence-electron chi connectivity index (χ4n) is 2.62. The van der Waals surface area contributed by atoms with Crippen LogP contribution in [0.3, 0.4) is 0 Å². The highest BCUT2D eigenvalue weighted by molar-refractivity contribution is 5.94. The quantitative estimate of drug-likeness (QED) is 0.873. The van der Waals surface area contributed by atoms with Crippen molar-refractivity contribution in [3.8, 4) is 0 Å². The number of nitrogens with one attached hydrogen (secondary N) is 1. The molecule has 0 saturated carbocycles. The largest absolute Gasteiger partial charge is 0.368 e. The SMILES string of the molecule is CCN1CCN(c2cncc(C(=O)NCCC(C)C)c2)CC1. The molecule has 1 saturated heterocycles. The summed E-state index contributed by atoms with van der Waals surface area (Å²) in [7, 11) is 0. The Hall–Kier alpha value is -1.62. The Labute approximate surface area is 133 Å². The molecule has 0 unspecified atom stereocenters. The van der Waals surface area contributed by atoms with Crippen LogP contribution >= 0.6 is 0 Å². The molecule has 1 N–H and O–H groups in total. The van der Waals surface area contributed by atoms with E-state index in [9.17, 15) is 4.79 Å². The molecule has 22 heavy (non-hydrogen) atoms. The summed E-state index contributed by atoms with van der Waals surface area (Å²) in [5, 5.41) is 2.97. The number of carbonyl (C=O) groups is 1. The maximum atomic E-state index is 12.2. The summed E-state index contributed by atoms with van der Waals surface area (Å²) in [6.45, 7) is 12.5. The molecule has 1 aliphatic heterocycles. The van der Waals surface area contributed by atoms with Crippen molar-refractivity contribution in [1.29, 1.82) is 0 Å². The fourth-order valence-corrected chi connectivity index (χ4v) is 2.62. The number of rotatable bonds is 6. The number of piperazine rings is 1. The summed E-state index contributed by atoms with van der Waals surface area (Å²) in [6, 6.07) is 1.96. The molecule has 122 valence electrons. The van der Waals surface area contributed by atoms with Crippen LogP contribution in [0.4, 0.5) is 5.69 Å². The molecule has 0 aromatic carbocycles. The van der Waals surface area contributed by atoms with Gasteiger partial charge in [-0.05, 0) is 24.9 Å². The molecule has 5 heteroatoms. The minimum absolute atomic E-state index is 0.0257. The molecule has 2 heterocycles. The Kier molecular flexibility index (Phi) is 6.19. The van der Waals surface area contributed by atoms with Gasteiger partial charge in [-0.25, -0.2) is 0 Å². The zero-order valence-corrected chi connectivity index (χ0v) is 14.0. The summed E-state index contributed by atoms with van der Waals surface area (Å²) in [4.78, 5) is 21.2. The molecule has 0 aliphatic carbocycles. The number of pyridine rings is 1. The molecular formula is C17H28N4O. The number of hydrogen-bond donors (Lipinski definition) is 1. The van der Waals surface area contributed by atoms with Gasteiger partial charge in [0.1, 0.15) is 0 Å². The summed E-state index contributed by atoms with van der Waals surface area (Å²) < 4.78 is 0. The summed E-state index contributed by atoms with van der Waals surface area (Å²) >= 11 is 0. The number of likely N-dealkylation sites (N-methyl/N-ethyl adjacent to an activating group) is 1. The normalized spacial score (nSPS) is 16.1. The molecule has 1 amide bonds. The predicted molar refractivity (Wildman–Crippen MR) is 90.4 cm³/mol. The first-order valence-corrected chi connectivity index (χ1v) is 8.30. The van der Waals surface area contributed by atoms with Crippen LogP contribution in [0.5, 0.6) is 0 Å². The van der Waals surface area contributed by atoms with Crippen LogP contribution in [-0.4, -0.2) is 55.1 Å². The topological polar surface area (TPSA) is 48.5 Å². The second-order valence-corrected chi connectivity index (χ2v) is 6.29. The van der Waals surface area contributed by atoms with Gasteiger partial charge in [0, 0.05) is 38.9 Å². The van der Waals surface area contributed by atoms with Gasteiger partial charge in [-0.2, -0.15) is 0 Å². The Morgan fingerprint density at radius 2 is 2.00 bits per heavy atom. The molecule has 0 bridgehead atoms. The van der Waals surface area contributed by atoms with Crippen molar-refractivity contribution in [2.75, 3.05) is 44.2 Å². The van der Waals surface area contributed by atoms with Crippen molar-refractivity contribution in [2.45, 2.75) is 27.2 Å². The van der Waals surface area contributed by atoms with Crippen molar-refractivity contribution < 1.29 is 4.79 Å². The summed E-state index contributed by atoms with van der Waals surface area (Å²) in [5.41, 5.74) is 1.70. The van der Waals surface area contributed by atoms with Gasteiger partial charge in [-0.1, -0.05) is 20.8 Å². The molecule has 1 fully saturated rings. The van der Waals surface area contributed by atoms with Gasteiger partial charge in [-0.15, -0.1) is 0 Å². The van der Waals surface area contributed by atoms with Crippen LogP contribution in [0.1, 0.15) is 37.6 Å². The Morgan fingerprint density at radius 3 is 2.64 bits per heavy atom. The van der Waals surface area contributed by atoms with Crippen molar-refractivity contribution in [1.82, 2.24) is 15.2 Å². The third-order valence-corrected chi connectivity index (χ3v) is 4.18. The van der Waals surface area contributed by atoms with Crippen LogP contribution < -0.4 is 10.2 Å². The van der Waals surface area contributed by atoms with E-state index in [0.717, 1.165) is 51.4 Å². The maximum absolute atomic E-state index is 12.2. The molecule has 0 radical (unpaired) electrons. The lowest BCUT2D eigenvalue weighted by Gasteiger charge is -2.35. The van der Waals surface area contributed by atoms with Crippen molar-refractivity contribution in [3.63, 3.8) is 0 Å². The van der Waals surface area contributed by atoms with Gasteiger partial charge < -0.3 is 15.1 Å². The van der Waals surface area contributed by atoms with E-state index < -0.39 is 0 Å². The van der Waals surface area contributed by atoms with E-state index in [1.54, 1.807) is 6.20 Å². The smallest absolute Gasteiger partial charge is 0.252 e. The molecule has 0 spiro atoms. The molecule has 5 nitrogen and oxygen atoms in total. The molecular weight excluding hydrogens is 276 g/mol. The van der Waals surface area contributed by atoms with E-state index in [1.165, 1.54) is 0 Å². The van der Waals surface area contributed by atoms with E-state index in [4.69, 9.17) is 0 Å². The van der Waals surface area contributed by atoms with Crippen LogP contribution in [0, 0.1) is 5.92 Å². The van der Waals surface area contributed by atoms with Gasteiger partial charge in [0.25, 0.3) is 5.91 Å². The number of anilines is 1. The second kappa shape index (κ2) is 8.13. The lowest BCUT2D eigenvalue weighted by molar-refractivity contribution is 0.0951. The fraction of sp³-hybridized carbons (Fsp3) is 0.647. The lowest BCUT2D eigenvalue weighted by atomic mass is 10.1. The first-order chi connectivity index (χ1) is 10.6. The maximum Gasteiger partial charge on any atom is 0.252 e. The Bertz CT molecular complexity index is 481. The van der Waals surface area contributed by atoms with E-state index in [1.807, 2.05) is 12.3 Å². The number of amides is 1. The Morgan fingerprint density at radius 1 is 1.27 bits per heavy atom. The standard InChI is InChI=1S/C17H28N4O/c1-4-20-7-9-21(10-8-20)16-11-15(12-18-13-16)17(22)19-6-5-14(2)3/h11-14H,4-10H2,1-3H3,(H,19,22). The molecule has 1 aromatic rings. The van der Waals surface area contributed by atoms with Crippen LogP contribution in [0.25, 0.3) is 0 Å². The van der Waals surface area contributed by atoms with Gasteiger partial charge in [-0.3, -0.25) is 9.78 Å². The van der Waals surface area contributed by atoms with E-state index in [-0.39, 0.29) is 5.91 Å². The van der Waals surface area contributed by atoms with Crippen LogP contribution in [0.15, 0.2) is 18.5 Å². The van der Waals surface area contributed by atoms with E-state index in [2.05, 4.69) is 40.9 Å². The summed E-state index contributed by atoms with van der Waals surface area (Å²) in [5.74, 6) is 0.571. The second-order valence-electron chi connectivity index (χ2n) is 6.29. The highest BCUT2D eigenvalue weighted by Gasteiger charge is 2.17. The van der Waals surface area contributed by atoms with Crippen LogP contribution in [0.2, 0.25) is 0 Å². The van der Waals surface area contributed by atoms with E-state index >= 15 is 0 Å². The summed E-state index contributed by atoms with van der Waals surface area (Å²) in [6.07, 6.45) is 4.50. The average Bonchev–Trinajstić information content (AvgIpc) is 2.54. The number of aromatic nitrogens is 1. The zero-order chi connectivity index (χ0) is 15.9. The molecule has 1 aromatic heterocycles. The highest BCUT2D eigenvalue weighted by atomic mass is 16.1. The Balaban J connectivity index is 1.93. The average molecular weight is 304 g/mol. The van der Waals surface area contributed by atoms with Gasteiger partial charge in [0.05, 0.1) is 17.4 Å². The zero-order valence-electron chi connectivity index (χ0n) is 14.0. The lowest BCUT2D eigenvalue weighted by Crippen LogP contribution is -2.46. The predicted octanol–water partition coefficient (Wildman–Crippen LogP) is 2.00. The van der Waals surface area contributed by atoms with Gasteiger partial charge in [0.15, 0.2) is 0 Å². The van der Waals surface area contributed by atoms with Crippen molar-refractivity contribution >= 4 is 11.6 Å². The number of carbonyl (C=O) groups excluding carboxylic acids is 1. The number of hydrogen-bond acceptors (Lipinski definition) is 4. The van der Waals surface area contributed by atoms with Crippen molar-refractivity contribution in [2.24, 2.45) is 5.92 Å². The van der Waals surface area contributed by atoms with Gasteiger partial charge in [0.2, 0.25) is 0 Å². The minimum Gasteiger partial charge on any atom is -0.368 e.